The van der Waals surface area contributed by atoms with Crippen molar-refractivity contribution in [3.8, 4) is 5.88 Å². The summed E-state index contributed by atoms with van der Waals surface area (Å²) >= 11 is 0. The monoisotopic (exact) mass is 240 g/mol. The molecule has 0 aromatic carbocycles. The van der Waals surface area contributed by atoms with E-state index in [0.29, 0.717) is 13.2 Å². The molecule has 0 bridgehead atoms. The SMILES string of the molecule is CCCNc1ncnc(OCCC)c1[N+](=O)[O-]. The molecule has 94 valence electrons. The minimum atomic E-state index is -0.525. The highest BCUT2D eigenvalue weighted by molar-refractivity contribution is 5.60. The van der Waals surface area contributed by atoms with Crippen LogP contribution in [0.15, 0.2) is 6.33 Å². The summed E-state index contributed by atoms with van der Waals surface area (Å²) in [6, 6.07) is 0. The molecule has 0 atom stereocenters. The summed E-state index contributed by atoms with van der Waals surface area (Å²) in [6.45, 7) is 4.90. The average Bonchev–Trinajstić information content (AvgIpc) is 2.33. The molecule has 0 fully saturated rings. The topological polar surface area (TPSA) is 90.2 Å². The highest BCUT2D eigenvalue weighted by Gasteiger charge is 2.23. The Morgan fingerprint density at radius 3 is 2.76 bits per heavy atom. The maximum atomic E-state index is 11.0. The number of rotatable bonds is 7. The van der Waals surface area contributed by atoms with Crippen molar-refractivity contribution >= 4 is 11.5 Å². The lowest BCUT2D eigenvalue weighted by Gasteiger charge is -2.08. The van der Waals surface area contributed by atoms with Crippen LogP contribution in [0.25, 0.3) is 0 Å². The van der Waals surface area contributed by atoms with E-state index in [9.17, 15) is 10.1 Å². The minimum absolute atomic E-state index is 0.0189. The summed E-state index contributed by atoms with van der Waals surface area (Å²) < 4.78 is 5.24. The predicted molar refractivity (Wildman–Crippen MR) is 63.3 cm³/mol. The summed E-state index contributed by atoms with van der Waals surface area (Å²) in [4.78, 5) is 18.1. The van der Waals surface area contributed by atoms with E-state index in [1.807, 2.05) is 13.8 Å². The van der Waals surface area contributed by atoms with Gasteiger partial charge in [0.15, 0.2) is 0 Å². The summed E-state index contributed by atoms with van der Waals surface area (Å²) in [7, 11) is 0. The molecule has 0 amide bonds. The fraction of sp³-hybridized carbons (Fsp3) is 0.600. The van der Waals surface area contributed by atoms with Crippen molar-refractivity contribution in [1.82, 2.24) is 9.97 Å². The maximum Gasteiger partial charge on any atom is 0.372 e. The van der Waals surface area contributed by atoms with Crippen LogP contribution in [0.4, 0.5) is 11.5 Å². The smallest absolute Gasteiger partial charge is 0.372 e. The van der Waals surface area contributed by atoms with Crippen molar-refractivity contribution in [2.45, 2.75) is 26.7 Å². The first-order valence-electron chi connectivity index (χ1n) is 5.56. The second-order valence-electron chi connectivity index (χ2n) is 3.41. The molecule has 7 heteroatoms. The van der Waals surface area contributed by atoms with Crippen LogP contribution in [0.3, 0.4) is 0 Å². The first-order chi connectivity index (χ1) is 8.20. The summed E-state index contributed by atoms with van der Waals surface area (Å²) in [5.74, 6) is 0.225. The van der Waals surface area contributed by atoms with Crippen LogP contribution >= 0.6 is 0 Å². The highest BCUT2D eigenvalue weighted by Crippen LogP contribution is 2.30. The van der Waals surface area contributed by atoms with Crippen molar-refractivity contribution in [2.75, 3.05) is 18.5 Å². The van der Waals surface area contributed by atoms with E-state index in [2.05, 4.69) is 15.3 Å². The Morgan fingerprint density at radius 1 is 1.41 bits per heavy atom. The van der Waals surface area contributed by atoms with Crippen molar-refractivity contribution in [2.24, 2.45) is 0 Å². The van der Waals surface area contributed by atoms with Gasteiger partial charge in [-0.3, -0.25) is 10.1 Å². The van der Waals surface area contributed by atoms with Gasteiger partial charge in [0.2, 0.25) is 5.82 Å². The molecule has 1 rings (SSSR count). The lowest BCUT2D eigenvalue weighted by molar-refractivity contribution is -0.385. The Morgan fingerprint density at radius 2 is 2.18 bits per heavy atom. The number of hydrogen-bond donors (Lipinski definition) is 1. The van der Waals surface area contributed by atoms with Crippen molar-refractivity contribution < 1.29 is 9.66 Å². The molecule has 0 spiro atoms. The molecule has 7 nitrogen and oxygen atoms in total. The lowest BCUT2D eigenvalue weighted by atomic mass is 10.4. The number of anilines is 1. The van der Waals surface area contributed by atoms with Gasteiger partial charge >= 0.3 is 5.69 Å². The first-order valence-corrected chi connectivity index (χ1v) is 5.56. The van der Waals surface area contributed by atoms with Gasteiger partial charge in [0.25, 0.3) is 5.88 Å². The van der Waals surface area contributed by atoms with Crippen molar-refractivity contribution in [3.63, 3.8) is 0 Å². The lowest BCUT2D eigenvalue weighted by Crippen LogP contribution is -2.08. The Labute approximate surface area is 99.4 Å². The zero-order valence-electron chi connectivity index (χ0n) is 9.97. The Kier molecular flexibility index (Phi) is 5.12. The molecule has 1 N–H and O–H groups in total. The zero-order chi connectivity index (χ0) is 12.7. The molecule has 0 saturated heterocycles. The van der Waals surface area contributed by atoms with E-state index in [1.165, 1.54) is 6.33 Å². The predicted octanol–water partition coefficient (Wildman–Crippen LogP) is 2.00. The van der Waals surface area contributed by atoms with Crippen LogP contribution in [0.2, 0.25) is 0 Å². The fourth-order valence-corrected chi connectivity index (χ4v) is 1.20. The standard InChI is InChI=1S/C10H16N4O3/c1-3-5-11-9-8(14(15)16)10(13-7-12-9)17-6-4-2/h7H,3-6H2,1-2H3,(H,11,12,13). The number of hydrogen-bond acceptors (Lipinski definition) is 6. The van der Waals surface area contributed by atoms with Gasteiger partial charge in [-0.05, 0) is 12.8 Å². The number of ether oxygens (including phenoxy) is 1. The molecule has 1 aromatic heterocycles. The van der Waals surface area contributed by atoms with Crippen LogP contribution in [0.5, 0.6) is 5.88 Å². The molecular formula is C10H16N4O3. The third-order valence-corrected chi connectivity index (χ3v) is 1.96. The van der Waals surface area contributed by atoms with Crippen molar-refractivity contribution in [1.29, 1.82) is 0 Å². The zero-order valence-corrected chi connectivity index (χ0v) is 9.97. The van der Waals surface area contributed by atoms with Gasteiger partial charge in [0.05, 0.1) is 11.5 Å². The molecule has 0 aliphatic rings. The minimum Gasteiger partial charge on any atom is -0.473 e. The number of nitrogens with one attached hydrogen (secondary N) is 1. The third-order valence-electron chi connectivity index (χ3n) is 1.96. The van der Waals surface area contributed by atoms with Crippen LogP contribution in [0, 0.1) is 10.1 Å². The Hall–Kier alpha value is -1.92. The highest BCUT2D eigenvalue weighted by atomic mass is 16.6. The van der Waals surface area contributed by atoms with E-state index in [0.717, 1.165) is 12.8 Å². The van der Waals surface area contributed by atoms with Crippen molar-refractivity contribution in [3.05, 3.63) is 16.4 Å². The number of nitro groups is 1. The molecule has 0 aliphatic heterocycles. The largest absolute Gasteiger partial charge is 0.473 e. The quantitative estimate of drug-likeness (QED) is 0.579. The molecule has 0 radical (unpaired) electrons. The van der Waals surface area contributed by atoms with E-state index in [-0.39, 0.29) is 17.4 Å². The normalized spacial score (nSPS) is 10.0. The van der Waals surface area contributed by atoms with Crippen LogP contribution < -0.4 is 10.1 Å². The van der Waals surface area contributed by atoms with E-state index < -0.39 is 4.92 Å². The Bertz CT molecular complexity index is 358. The van der Waals surface area contributed by atoms with Gasteiger partial charge < -0.3 is 10.1 Å². The van der Waals surface area contributed by atoms with Gasteiger partial charge in [0.1, 0.15) is 6.33 Å². The second kappa shape index (κ2) is 6.62. The van der Waals surface area contributed by atoms with Gasteiger partial charge in [0, 0.05) is 6.54 Å². The molecule has 0 aliphatic carbocycles. The summed E-state index contributed by atoms with van der Waals surface area (Å²) in [5, 5.41) is 13.9. The van der Waals surface area contributed by atoms with E-state index in [4.69, 9.17) is 4.74 Å². The molecule has 1 heterocycles. The van der Waals surface area contributed by atoms with Crippen LogP contribution in [-0.4, -0.2) is 28.0 Å². The van der Waals surface area contributed by atoms with E-state index in [1.54, 1.807) is 0 Å². The maximum absolute atomic E-state index is 11.0. The molecular weight excluding hydrogens is 224 g/mol. The summed E-state index contributed by atoms with van der Waals surface area (Å²) in [5.41, 5.74) is -0.200. The van der Waals surface area contributed by atoms with Crippen LogP contribution in [-0.2, 0) is 0 Å². The molecule has 0 saturated carbocycles. The molecule has 0 unspecified atom stereocenters. The fourth-order valence-electron chi connectivity index (χ4n) is 1.20. The number of nitrogens with zero attached hydrogens (tertiary/aromatic N) is 3. The molecule has 17 heavy (non-hydrogen) atoms. The Balaban J connectivity index is 2.99. The van der Waals surface area contributed by atoms with Gasteiger partial charge in [-0.25, -0.2) is 4.98 Å². The average molecular weight is 240 g/mol. The van der Waals surface area contributed by atoms with Gasteiger partial charge in [-0.1, -0.05) is 13.8 Å². The third kappa shape index (κ3) is 3.54. The van der Waals surface area contributed by atoms with E-state index >= 15 is 0 Å². The van der Waals surface area contributed by atoms with Gasteiger partial charge in [-0.15, -0.1) is 0 Å². The number of aromatic nitrogens is 2. The van der Waals surface area contributed by atoms with Gasteiger partial charge in [-0.2, -0.15) is 4.98 Å². The summed E-state index contributed by atoms with van der Waals surface area (Å²) in [6.07, 6.45) is 2.88. The van der Waals surface area contributed by atoms with Crippen LogP contribution in [0.1, 0.15) is 26.7 Å². The second-order valence-corrected chi connectivity index (χ2v) is 3.41. The first kappa shape index (κ1) is 13.1. The molecule has 1 aromatic rings.